The summed E-state index contributed by atoms with van der Waals surface area (Å²) >= 11 is 1.36. The zero-order valence-electron chi connectivity index (χ0n) is 19.3. The van der Waals surface area contributed by atoms with Gasteiger partial charge in [-0.05, 0) is 60.9 Å². The van der Waals surface area contributed by atoms with Gasteiger partial charge in [-0.25, -0.2) is 9.38 Å². The number of carbonyl (C=O) groups excluding carboxylic acids is 1. The zero-order valence-corrected chi connectivity index (χ0v) is 20.1. The number of nitrogens with zero attached hydrogens (tertiary/aromatic N) is 3. The van der Waals surface area contributed by atoms with Gasteiger partial charge in [-0.15, -0.1) is 0 Å². The number of morpholine rings is 1. The molecule has 1 amide bonds. The van der Waals surface area contributed by atoms with Crippen LogP contribution in [-0.4, -0.2) is 60.2 Å². The van der Waals surface area contributed by atoms with Crippen LogP contribution in [-0.2, 0) is 9.53 Å². The van der Waals surface area contributed by atoms with Crippen molar-refractivity contribution in [2.45, 2.75) is 13.8 Å². The van der Waals surface area contributed by atoms with E-state index >= 15 is 0 Å². The van der Waals surface area contributed by atoms with E-state index in [0.29, 0.717) is 47.3 Å². The molecule has 4 aromatic rings. The molecule has 0 N–H and O–H groups in total. The number of imidazole rings is 1. The van der Waals surface area contributed by atoms with Crippen molar-refractivity contribution in [2.24, 2.45) is 0 Å². The van der Waals surface area contributed by atoms with E-state index in [1.807, 2.05) is 38.1 Å². The topological polar surface area (TPSA) is 82.4 Å². The van der Waals surface area contributed by atoms with Gasteiger partial charge >= 0.3 is 0 Å². The third-order valence-electron chi connectivity index (χ3n) is 6.05. The second-order valence-corrected chi connectivity index (χ2v) is 9.27. The van der Waals surface area contributed by atoms with E-state index in [1.165, 1.54) is 11.3 Å². The molecule has 2 aromatic heterocycles. The van der Waals surface area contributed by atoms with Crippen molar-refractivity contribution in [1.29, 1.82) is 0 Å². The predicted molar refractivity (Wildman–Crippen MR) is 131 cm³/mol. The van der Waals surface area contributed by atoms with Crippen LogP contribution in [0.25, 0.3) is 22.1 Å². The lowest BCUT2D eigenvalue weighted by atomic mass is 10.1. The molecule has 5 rings (SSSR count). The number of thiazole rings is 1. The van der Waals surface area contributed by atoms with E-state index in [9.17, 15) is 9.59 Å². The van der Waals surface area contributed by atoms with E-state index in [0.717, 1.165) is 27.7 Å². The van der Waals surface area contributed by atoms with Crippen molar-refractivity contribution >= 4 is 39.3 Å². The van der Waals surface area contributed by atoms with E-state index in [1.54, 1.807) is 28.5 Å². The van der Waals surface area contributed by atoms with Crippen molar-refractivity contribution in [2.75, 3.05) is 40.0 Å². The summed E-state index contributed by atoms with van der Waals surface area (Å²) in [6.07, 6.45) is 1.82. The highest BCUT2D eigenvalue weighted by Gasteiger charge is 2.18. The lowest BCUT2D eigenvalue weighted by molar-refractivity contribution is -0.137. The van der Waals surface area contributed by atoms with Crippen LogP contribution in [0.3, 0.4) is 0 Å². The molecular weight excluding hydrogens is 454 g/mol. The quantitative estimate of drug-likeness (QED) is 0.437. The van der Waals surface area contributed by atoms with Crippen LogP contribution in [0.4, 0.5) is 0 Å². The van der Waals surface area contributed by atoms with Gasteiger partial charge in [-0.1, -0.05) is 17.4 Å². The van der Waals surface area contributed by atoms with Crippen LogP contribution in [0.2, 0.25) is 0 Å². The fourth-order valence-electron chi connectivity index (χ4n) is 4.01. The summed E-state index contributed by atoms with van der Waals surface area (Å²) in [6.45, 7) is 6.24. The molecule has 0 spiro atoms. The lowest BCUT2D eigenvalue weighted by Crippen LogP contribution is -2.43. The number of benzene rings is 2. The summed E-state index contributed by atoms with van der Waals surface area (Å²) in [5, 5.41) is 0. The van der Waals surface area contributed by atoms with Gasteiger partial charge in [-0.3, -0.25) is 9.59 Å². The molecule has 1 fully saturated rings. The maximum Gasteiger partial charge on any atom is 0.274 e. The van der Waals surface area contributed by atoms with Crippen LogP contribution < -0.4 is 19.6 Å². The van der Waals surface area contributed by atoms with Gasteiger partial charge in [0, 0.05) is 13.1 Å². The first-order chi connectivity index (χ1) is 16.4. The van der Waals surface area contributed by atoms with Crippen molar-refractivity contribution in [1.82, 2.24) is 14.3 Å². The number of methoxy groups -OCH3 is 1. The van der Waals surface area contributed by atoms with Crippen molar-refractivity contribution in [3.63, 3.8) is 0 Å². The molecule has 2 aromatic carbocycles. The lowest BCUT2D eigenvalue weighted by Gasteiger charge is -2.26. The Morgan fingerprint density at radius 3 is 2.68 bits per heavy atom. The highest BCUT2D eigenvalue weighted by Crippen LogP contribution is 2.28. The standard InChI is InChI=1S/C25H25N3O5S/c1-15-10-18-19(11-16(15)2)28-24(30)22(34-25(28)26-18)13-17-4-5-20(21(12-17)31-3)33-14-23(29)27-6-8-32-9-7-27/h4-5,10-13H,6-9,14H2,1-3H3/b22-13-. The van der Waals surface area contributed by atoms with Gasteiger partial charge in [0.15, 0.2) is 23.1 Å². The van der Waals surface area contributed by atoms with Gasteiger partial charge in [0.25, 0.3) is 11.5 Å². The maximum absolute atomic E-state index is 13.1. The predicted octanol–water partition coefficient (Wildman–Crippen LogP) is 2.32. The molecule has 0 unspecified atom stereocenters. The first-order valence-electron chi connectivity index (χ1n) is 11.0. The monoisotopic (exact) mass is 479 g/mol. The second kappa shape index (κ2) is 9.08. The normalized spacial score (nSPS) is 14.8. The molecule has 0 radical (unpaired) electrons. The third kappa shape index (κ3) is 4.12. The van der Waals surface area contributed by atoms with Crippen LogP contribution >= 0.6 is 11.3 Å². The number of hydrogen-bond acceptors (Lipinski definition) is 7. The summed E-state index contributed by atoms with van der Waals surface area (Å²) in [4.78, 5) is 32.6. The summed E-state index contributed by atoms with van der Waals surface area (Å²) in [5.41, 5.74) is 4.62. The highest BCUT2D eigenvalue weighted by molar-refractivity contribution is 7.15. The average Bonchev–Trinajstić information content (AvgIpc) is 3.34. The second-order valence-electron chi connectivity index (χ2n) is 8.26. The number of rotatable bonds is 5. The average molecular weight is 480 g/mol. The number of carbonyl (C=O) groups is 1. The Kier molecular flexibility index (Phi) is 5.97. The molecule has 0 saturated carbocycles. The Labute approximate surface area is 200 Å². The third-order valence-corrected chi connectivity index (χ3v) is 7.02. The molecule has 0 bridgehead atoms. The number of fused-ring (bicyclic) bond motifs is 3. The van der Waals surface area contributed by atoms with Crippen LogP contribution in [0.5, 0.6) is 11.5 Å². The SMILES string of the molecule is COc1cc(/C=c2\sc3nc4cc(C)c(C)cc4n3c2=O)ccc1OCC(=O)N1CCOCC1. The van der Waals surface area contributed by atoms with Gasteiger partial charge < -0.3 is 19.1 Å². The number of hydrogen-bond donors (Lipinski definition) is 0. The molecule has 3 heterocycles. The Bertz CT molecular complexity index is 1500. The van der Waals surface area contributed by atoms with E-state index in [-0.39, 0.29) is 18.1 Å². The minimum absolute atomic E-state index is 0.0712. The molecule has 1 aliphatic heterocycles. The molecule has 9 heteroatoms. The molecule has 0 aliphatic carbocycles. The first kappa shape index (κ1) is 22.4. The molecular formula is C25H25N3O5S. The highest BCUT2D eigenvalue weighted by atomic mass is 32.1. The zero-order chi connectivity index (χ0) is 23.8. The summed E-state index contributed by atoms with van der Waals surface area (Å²) in [5.74, 6) is 0.881. The number of aryl methyl sites for hydroxylation is 2. The van der Waals surface area contributed by atoms with Gasteiger partial charge in [0.05, 0.1) is 35.9 Å². The Balaban J connectivity index is 1.42. The molecule has 8 nitrogen and oxygen atoms in total. The van der Waals surface area contributed by atoms with Crippen molar-refractivity contribution in [3.05, 3.63) is 61.9 Å². The Morgan fingerprint density at radius 2 is 1.91 bits per heavy atom. The van der Waals surface area contributed by atoms with E-state index in [4.69, 9.17) is 14.2 Å². The minimum atomic E-state index is -0.0962. The van der Waals surface area contributed by atoms with Crippen LogP contribution in [0, 0.1) is 13.8 Å². The molecule has 1 saturated heterocycles. The Morgan fingerprint density at radius 1 is 1.15 bits per heavy atom. The minimum Gasteiger partial charge on any atom is -0.493 e. The summed E-state index contributed by atoms with van der Waals surface area (Å²) in [7, 11) is 1.55. The number of aromatic nitrogens is 2. The van der Waals surface area contributed by atoms with Crippen molar-refractivity contribution < 1.29 is 19.0 Å². The molecule has 0 atom stereocenters. The molecule has 34 heavy (non-hydrogen) atoms. The molecule has 1 aliphatic rings. The largest absolute Gasteiger partial charge is 0.493 e. The van der Waals surface area contributed by atoms with Gasteiger partial charge in [-0.2, -0.15) is 0 Å². The molecule has 176 valence electrons. The summed E-state index contributed by atoms with van der Waals surface area (Å²) in [6, 6.07) is 9.41. The van der Waals surface area contributed by atoms with Crippen LogP contribution in [0.1, 0.15) is 16.7 Å². The van der Waals surface area contributed by atoms with Gasteiger partial charge in [0.2, 0.25) is 0 Å². The summed E-state index contributed by atoms with van der Waals surface area (Å²) < 4.78 is 18.7. The first-order valence-corrected chi connectivity index (χ1v) is 11.9. The van der Waals surface area contributed by atoms with Gasteiger partial charge in [0.1, 0.15) is 0 Å². The number of amides is 1. The van der Waals surface area contributed by atoms with E-state index < -0.39 is 0 Å². The maximum atomic E-state index is 13.1. The Hall–Kier alpha value is -3.43. The smallest absolute Gasteiger partial charge is 0.274 e. The fraction of sp³-hybridized carbons (Fsp3) is 0.320. The number of ether oxygens (including phenoxy) is 3. The van der Waals surface area contributed by atoms with Crippen LogP contribution in [0.15, 0.2) is 35.1 Å². The van der Waals surface area contributed by atoms with Crippen molar-refractivity contribution in [3.8, 4) is 11.5 Å². The fourth-order valence-corrected chi connectivity index (χ4v) is 4.99. The van der Waals surface area contributed by atoms with E-state index in [2.05, 4.69) is 4.98 Å².